The number of aliphatic hydroxyl groups excluding tert-OH is 2. The summed E-state index contributed by atoms with van der Waals surface area (Å²) in [6, 6.07) is 10.1. The molecule has 2 N–H and O–H groups in total. The molecule has 5 rings (SSSR count). The molecule has 57 heavy (non-hydrogen) atoms. The van der Waals surface area contributed by atoms with Gasteiger partial charge in [-0.15, -0.1) is 13.2 Å². The quantitative estimate of drug-likeness (QED) is 0.0488. The summed E-state index contributed by atoms with van der Waals surface area (Å²) in [4.78, 5) is 33.5. The minimum absolute atomic E-state index is 0.0440. The number of aldehydes is 1. The van der Waals surface area contributed by atoms with Gasteiger partial charge in [0.05, 0.1) is 37.5 Å². The Hall–Kier alpha value is -4.65. The second kappa shape index (κ2) is 21.2. The molecule has 1 aliphatic heterocycles. The molecule has 310 valence electrons. The topological polar surface area (TPSA) is 146 Å². The molecule has 0 aromatic heterocycles. The lowest BCUT2D eigenvalue weighted by Crippen LogP contribution is -2.70. The average molecular weight is 789 g/mol. The SMILES string of the molecule is C=CCCOC(=O)N(CCC)[C@H]1CC(=NOCC)C2=C[C@H](CCCCO)[C@@H](CCCCO)[C@@H]3c4cc(Oc5ccc(OC)c(C=O)c5)ccc4O[C@@]1(OCC=C)[C@H]23. The largest absolute Gasteiger partial charge is 0.496 e. The molecule has 12 heteroatoms. The fourth-order valence-electron chi connectivity index (χ4n) is 8.79. The maximum Gasteiger partial charge on any atom is 0.410 e. The Morgan fingerprint density at radius 2 is 1.79 bits per heavy atom. The van der Waals surface area contributed by atoms with Crippen LogP contribution in [0.1, 0.15) is 93.5 Å². The van der Waals surface area contributed by atoms with Crippen molar-refractivity contribution in [1.82, 2.24) is 4.90 Å². The summed E-state index contributed by atoms with van der Waals surface area (Å²) in [5.74, 6) is 0.114. The van der Waals surface area contributed by atoms with E-state index in [-0.39, 0.29) is 50.6 Å². The molecule has 2 aliphatic carbocycles. The predicted molar refractivity (Wildman–Crippen MR) is 218 cm³/mol. The first-order valence-corrected chi connectivity index (χ1v) is 20.4. The van der Waals surface area contributed by atoms with E-state index in [0.717, 1.165) is 48.8 Å². The summed E-state index contributed by atoms with van der Waals surface area (Å²) in [5, 5.41) is 24.4. The number of hydrogen-bond acceptors (Lipinski definition) is 11. The number of fused-ring (bicyclic) bond motifs is 2. The first kappa shape index (κ1) is 43.5. The number of amides is 1. The van der Waals surface area contributed by atoms with Crippen LogP contribution in [0.5, 0.6) is 23.0 Å². The summed E-state index contributed by atoms with van der Waals surface area (Å²) < 4.78 is 31.8. The number of rotatable bonds is 23. The summed E-state index contributed by atoms with van der Waals surface area (Å²) in [6.07, 6.45) is 12.0. The molecule has 1 fully saturated rings. The van der Waals surface area contributed by atoms with E-state index in [1.807, 2.05) is 32.0 Å². The van der Waals surface area contributed by atoms with E-state index in [1.54, 1.807) is 35.3 Å². The van der Waals surface area contributed by atoms with Crippen molar-refractivity contribution in [2.45, 2.75) is 89.4 Å². The van der Waals surface area contributed by atoms with Gasteiger partial charge in [0.1, 0.15) is 35.6 Å². The van der Waals surface area contributed by atoms with Gasteiger partial charge >= 0.3 is 6.09 Å². The van der Waals surface area contributed by atoms with Crippen LogP contribution in [-0.4, -0.2) is 91.7 Å². The first-order valence-electron chi connectivity index (χ1n) is 20.4. The lowest BCUT2D eigenvalue weighted by Gasteiger charge is -2.59. The highest BCUT2D eigenvalue weighted by Gasteiger charge is 2.65. The van der Waals surface area contributed by atoms with Crippen molar-refractivity contribution in [3.05, 3.63) is 84.5 Å². The minimum atomic E-state index is -1.39. The van der Waals surface area contributed by atoms with Crippen LogP contribution in [0.15, 0.2) is 78.5 Å². The standard InChI is InChI=1S/C45H60N2O10/c1-6-10-25-53-44(51)47(21-7-2)41-29-38(46-55-9-4)36-27-31(15-11-13-22-48)35(16-12-14-23-49)42-37-28-34(56-33-17-19-39(52-5)32(26-33)30-50)18-20-40(37)57-45(41,43(36)42)54-24-8-3/h6,8,17-20,26-28,30-31,35,41-43,48-49H,1,3,7,9-16,21-25,29H2,2,4-5H3/t31-,35+,41-,42+,43+,45+/m0/s1. The maximum absolute atomic E-state index is 14.1. The second-order valence-electron chi connectivity index (χ2n) is 14.7. The van der Waals surface area contributed by atoms with Gasteiger partial charge in [0.25, 0.3) is 0 Å². The third kappa shape index (κ3) is 9.73. The number of benzene rings is 2. The Balaban J connectivity index is 1.76. The lowest BCUT2D eigenvalue weighted by molar-refractivity contribution is -0.255. The van der Waals surface area contributed by atoms with Crippen LogP contribution in [0.3, 0.4) is 0 Å². The van der Waals surface area contributed by atoms with Gasteiger partial charge in [0, 0.05) is 37.7 Å². The predicted octanol–water partition coefficient (Wildman–Crippen LogP) is 8.38. The van der Waals surface area contributed by atoms with Gasteiger partial charge in [-0.2, -0.15) is 0 Å². The summed E-state index contributed by atoms with van der Waals surface area (Å²) in [7, 11) is 1.51. The molecule has 3 aliphatic rings. The van der Waals surface area contributed by atoms with Crippen molar-refractivity contribution in [1.29, 1.82) is 0 Å². The van der Waals surface area contributed by atoms with E-state index in [4.69, 9.17) is 33.7 Å². The van der Waals surface area contributed by atoms with Crippen LogP contribution < -0.4 is 14.2 Å². The third-order valence-electron chi connectivity index (χ3n) is 11.1. The molecule has 1 heterocycles. The Kier molecular flexibility index (Phi) is 16.2. The minimum Gasteiger partial charge on any atom is -0.496 e. The smallest absolute Gasteiger partial charge is 0.410 e. The van der Waals surface area contributed by atoms with Gasteiger partial charge in [0.15, 0.2) is 6.29 Å². The molecule has 1 saturated carbocycles. The molecule has 12 nitrogen and oxygen atoms in total. The summed E-state index contributed by atoms with van der Waals surface area (Å²) in [5.41, 5.74) is 2.94. The fourth-order valence-corrected chi connectivity index (χ4v) is 8.79. The van der Waals surface area contributed by atoms with Gasteiger partial charge in [-0.05, 0) is 99.3 Å². The number of aliphatic hydroxyl groups is 2. The van der Waals surface area contributed by atoms with E-state index in [2.05, 4.69) is 19.2 Å². The molecule has 0 saturated heterocycles. The molecule has 0 bridgehead atoms. The zero-order chi connectivity index (χ0) is 40.8. The number of allylic oxidation sites excluding steroid dienone is 1. The van der Waals surface area contributed by atoms with E-state index >= 15 is 0 Å². The summed E-state index contributed by atoms with van der Waals surface area (Å²) in [6.45, 7) is 12.9. The normalized spacial score (nSPS) is 23.9. The van der Waals surface area contributed by atoms with Crippen LogP contribution in [0, 0.1) is 17.8 Å². The van der Waals surface area contributed by atoms with Gasteiger partial charge in [-0.1, -0.05) is 43.1 Å². The third-order valence-corrected chi connectivity index (χ3v) is 11.1. The van der Waals surface area contributed by atoms with Crippen molar-refractivity contribution >= 4 is 18.1 Å². The Morgan fingerprint density at radius 1 is 1.04 bits per heavy atom. The molecule has 6 atom stereocenters. The molecule has 1 amide bonds. The van der Waals surface area contributed by atoms with E-state index < -0.39 is 23.8 Å². The fraction of sp³-hybridized carbons (Fsp3) is 0.533. The number of ether oxygens (including phenoxy) is 5. The van der Waals surface area contributed by atoms with E-state index in [1.165, 1.54) is 7.11 Å². The van der Waals surface area contributed by atoms with E-state index in [9.17, 15) is 19.8 Å². The molecule has 0 spiro atoms. The number of carbonyl (C=O) groups is 2. The zero-order valence-electron chi connectivity index (χ0n) is 33.7. The molecular weight excluding hydrogens is 728 g/mol. The molecule has 2 aromatic rings. The van der Waals surface area contributed by atoms with Gasteiger partial charge in [-0.3, -0.25) is 9.69 Å². The Morgan fingerprint density at radius 3 is 2.47 bits per heavy atom. The monoisotopic (exact) mass is 788 g/mol. The highest BCUT2D eigenvalue weighted by atomic mass is 16.7. The van der Waals surface area contributed by atoms with E-state index in [0.29, 0.717) is 67.4 Å². The highest BCUT2D eigenvalue weighted by Crippen LogP contribution is 2.62. The van der Waals surface area contributed by atoms with Crippen molar-refractivity contribution < 1.29 is 48.3 Å². The van der Waals surface area contributed by atoms with Gasteiger partial charge in [0.2, 0.25) is 5.79 Å². The number of unbranched alkanes of at least 4 members (excludes halogenated alkanes) is 2. The zero-order valence-corrected chi connectivity index (χ0v) is 33.7. The van der Waals surface area contributed by atoms with Crippen LogP contribution >= 0.6 is 0 Å². The van der Waals surface area contributed by atoms with Crippen LogP contribution in [0.4, 0.5) is 4.79 Å². The first-order chi connectivity index (χ1) is 27.8. The number of nitrogens with zero attached hydrogens (tertiary/aromatic N) is 2. The number of hydrogen-bond donors (Lipinski definition) is 2. The maximum atomic E-state index is 14.1. The highest BCUT2D eigenvalue weighted by molar-refractivity contribution is 6.03. The number of oxime groups is 1. The molecular formula is C45H60N2O10. The molecule has 0 unspecified atom stereocenters. The Bertz CT molecular complexity index is 1740. The van der Waals surface area contributed by atoms with Crippen LogP contribution in [0.2, 0.25) is 0 Å². The van der Waals surface area contributed by atoms with Crippen molar-refractivity contribution in [2.75, 3.05) is 46.7 Å². The molecule has 0 radical (unpaired) electrons. The lowest BCUT2D eigenvalue weighted by atomic mass is 9.55. The molecule has 2 aromatic carbocycles. The Labute approximate surface area is 337 Å². The number of carbonyl (C=O) groups excluding carboxylic acids is 2. The van der Waals surface area contributed by atoms with Crippen LogP contribution in [0.25, 0.3) is 0 Å². The number of methoxy groups -OCH3 is 1. The second-order valence-corrected chi connectivity index (χ2v) is 14.7. The van der Waals surface area contributed by atoms with Gasteiger partial charge in [-0.25, -0.2) is 4.79 Å². The van der Waals surface area contributed by atoms with Gasteiger partial charge < -0.3 is 38.7 Å². The van der Waals surface area contributed by atoms with Crippen molar-refractivity contribution in [3.63, 3.8) is 0 Å². The average Bonchev–Trinajstić information content (AvgIpc) is 3.22. The van der Waals surface area contributed by atoms with Crippen LogP contribution in [-0.2, 0) is 14.3 Å². The van der Waals surface area contributed by atoms with Crippen molar-refractivity contribution in [3.8, 4) is 23.0 Å². The van der Waals surface area contributed by atoms with Crippen molar-refractivity contribution in [2.24, 2.45) is 22.9 Å². The summed E-state index contributed by atoms with van der Waals surface area (Å²) >= 11 is 0.